The lowest BCUT2D eigenvalue weighted by atomic mass is 10.2. The minimum absolute atomic E-state index is 0.153. The molecule has 1 N–H and O–H groups in total. The fraction of sp³-hybridized carbons (Fsp3) is 0.136. The molecule has 0 atom stereocenters. The number of aliphatic imine (C=N–C) groups is 1. The van der Waals surface area contributed by atoms with Gasteiger partial charge in [0.15, 0.2) is 5.17 Å². The second-order valence-electron chi connectivity index (χ2n) is 6.79. The fourth-order valence-electron chi connectivity index (χ4n) is 3.25. The lowest BCUT2D eigenvalue weighted by Gasteiger charge is -2.08. The summed E-state index contributed by atoms with van der Waals surface area (Å²) >= 11 is 7.40. The molecule has 7 heteroatoms. The minimum atomic E-state index is -0.153. The molecular formula is C22H19ClN4OS. The molecule has 1 aliphatic heterocycles. The van der Waals surface area contributed by atoms with Crippen molar-refractivity contribution in [1.82, 2.24) is 14.9 Å². The van der Waals surface area contributed by atoms with E-state index in [2.05, 4.69) is 25.9 Å². The first-order valence-electron chi connectivity index (χ1n) is 9.07. The van der Waals surface area contributed by atoms with Crippen LogP contribution in [0.25, 0.3) is 11.8 Å². The quantitative estimate of drug-likeness (QED) is 0.579. The predicted octanol–water partition coefficient (Wildman–Crippen LogP) is 5.34. The van der Waals surface area contributed by atoms with Crippen LogP contribution in [0.5, 0.6) is 0 Å². The average molecular weight is 423 g/mol. The summed E-state index contributed by atoms with van der Waals surface area (Å²) in [5, 5.41) is 4.00. The standard InChI is InChI=1S/C22H19ClN4OS/c1-13-6-7-17(23)11-19(13)25-22-26-21(28)20(29-22)10-16-9-14(2)27(15(16)3)18-5-4-8-24-12-18/h4-12H,1-3H3,(H,25,26,28)/b20-10-. The average Bonchev–Trinajstić information content (AvgIpc) is 3.17. The molecule has 1 saturated heterocycles. The molecule has 0 spiro atoms. The first kappa shape index (κ1) is 19.5. The smallest absolute Gasteiger partial charge is 0.264 e. The second kappa shape index (κ2) is 7.89. The number of carbonyl (C=O) groups is 1. The van der Waals surface area contributed by atoms with Crippen LogP contribution < -0.4 is 5.32 Å². The van der Waals surface area contributed by atoms with Gasteiger partial charge in [-0.2, -0.15) is 0 Å². The van der Waals surface area contributed by atoms with Crippen molar-refractivity contribution in [1.29, 1.82) is 0 Å². The van der Waals surface area contributed by atoms with Gasteiger partial charge in [0, 0.05) is 22.6 Å². The maximum atomic E-state index is 12.5. The van der Waals surface area contributed by atoms with Crippen LogP contribution in [0.4, 0.5) is 5.69 Å². The summed E-state index contributed by atoms with van der Waals surface area (Å²) in [6, 6.07) is 11.5. The van der Waals surface area contributed by atoms with E-state index >= 15 is 0 Å². The second-order valence-corrected chi connectivity index (χ2v) is 8.25. The molecule has 5 nitrogen and oxygen atoms in total. The molecule has 1 amide bonds. The molecule has 3 aromatic rings. The van der Waals surface area contributed by atoms with Gasteiger partial charge in [-0.1, -0.05) is 17.7 Å². The number of aromatic nitrogens is 2. The molecule has 2 aromatic heterocycles. The number of halogens is 1. The Balaban J connectivity index is 1.65. The topological polar surface area (TPSA) is 59.3 Å². The Hall–Kier alpha value is -2.83. The Morgan fingerprint density at radius 3 is 2.79 bits per heavy atom. The summed E-state index contributed by atoms with van der Waals surface area (Å²) < 4.78 is 2.13. The van der Waals surface area contributed by atoms with E-state index in [-0.39, 0.29) is 5.91 Å². The van der Waals surface area contributed by atoms with E-state index in [1.807, 2.05) is 57.3 Å². The lowest BCUT2D eigenvalue weighted by molar-refractivity contribution is -0.115. The lowest BCUT2D eigenvalue weighted by Crippen LogP contribution is -2.19. The highest BCUT2D eigenvalue weighted by Gasteiger charge is 2.25. The summed E-state index contributed by atoms with van der Waals surface area (Å²) in [4.78, 5) is 21.9. The third-order valence-corrected chi connectivity index (χ3v) is 5.85. The van der Waals surface area contributed by atoms with Gasteiger partial charge < -0.3 is 9.88 Å². The van der Waals surface area contributed by atoms with Crippen molar-refractivity contribution in [3.63, 3.8) is 0 Å². The molecule has 0 unspecified atom stereocenters. The number of nitrogens with zero attached hydrogens (tertiary/aromatic N) is 3. The summed E-state index contributed by atoms with van der Waals surface area (Å²) in [7, 11) is 0. The molecule has 1 aliphatic rings. The molecular weight excluding hydrogens is 404 g/mol. The Morgan fingerprint density at radius 2 is 2.03 bits per heavy atom. The van der Waals surface area contributed by atoms with Gasteiger partial charge >= 0.3 is 0 Å². The monoisotopic (exact) mass is 422 g/mol. The third-order valence-electron chi connectivity index (χ3n) is 4.71. The van der Waals surface area contributed by atoms with Gasteiger partial charge in [0.2, 0.25) is 0 Å². The minimum Gasteiger partial charge on any atom is -0.316 e. The van der Waals surface area contributed by atoms with Crippen molar-refractivity contribution in [2.24, 2.45) is 4.99 Å². The van der Waals surface area contributed by atoms with E-state index in [1.54, 1.807) is 12.3 Å². The van der Waals surface area contributed by atoms with E-state index < -0.39 is 0 Å². The van der Waals surface area contributed by atoms with E-state index in [1.165, 1.54) is 11.8 Å². The maximum Gasteiger partial charge on any atom is 0.264 e. The van der Waals surface area contributed by atoms with E-state index in [0.717, 1.165) is 33.9 Å². The van der Waals surface area contributed by atoms with Crippen molar-refractivity contribution in [3.05, 3.63) is 81.2 Å². The molecule has 0 radical (unpaired) electrons. The van der Waals surface area contributed by atoms with Gasteiger partial charge in [0.05, 0.1) is 22.5 Å². The van der Waals surface area contributed by atoms with Crippen molar-refractivity contribution < 1.29 is 4.79 Å². The normalized spacial score (nSPS) is 16.6. The van der Waals surface area contributed by atoms with Gasteiger partial charge in [-0.05, 0) is 80.1 Å². The number of amidine groups is 1. The van der Waals surface area contributed by atoms with Gasteiger partial charge in [-0.25, -0.2) is 4.99 Å². The van der Waals surface area contributed by atoms with Crippen molar-refractivity contribution in [2.75, 3.05) is 0 Å². The van der Waals surface area contributed by atoms with Gasteiger partial charge in [0.1, 0.15) is 0 Å². The number of nitrogens with one attached hydrogen (secondary N) is 1. The van der Waals surface area contributed by atoms with Crippen LogP contribution in [0.15, 0.2) is 58.7 Å². The molecule has 0 bridgehead atoms. The number of amides is 1. The summed E-state index contributed by atoms with van der Waals surface area (Å²) in [6.07, 6.45) is 5.48. The van der Waals surface area contributed by atoms with Crippen molar-refractivity contribution in [2.45, 2.75) is 20.8 Å². The largest absolute Gasteiger partial charge is 0.316 e. The van der Waals surface area contributed by atoms with Crippen LogP contribution in [-0.2, 0) is 4.79 Å². The molecule has 1 fully saturated rings. The number of thioether (sulfide) groups is 1. The highest BCUT2D eigenvalue weighted by Crippen LogP contribution is 2.31. The van der Waals surface area contributed by atoms with Gasteiger partial charge in [0.25, 0.3) is 5.91 Å². The first-order chi connectivity index (χ1) is 13.9. The number of aryl methyl sites for hydroxylation is 2. The number of pyridine rings is 1. The summed E-state index contributed by atoms with van der Waals surface area (Å²) in [6.45, 7) is 6.04. The van der Waals surface area contributed by atoms with Gasteiger partial charge in [-0.15, -0.1) is 0 Å². The van der Waals surface area contributed by atoms with Crippen LogP contribution in [-0.4, -0.2) is 20.6 Å². The fourth-order valence-corrected chi connectivity index (χ4v) is 4.24. The van der Waals surface area contributed by atoms with E-state index in [0.29, 0.717) is 15.1 Å². The van der Waals surface area contributed by atoms with Crippen molar-refractivity contribution in [3.8, 4) is 5.69 Å². The SMILES string of the molecule is Cc1ccc(Cl)cc1N=C1NC(=O)/C(=C/c2cc(C)n(-c3cccnc3)c2C)S1. The van der Waals surface area contributed by atoms with E-state index in [4.69, 9.17) is 11.6 Å². The zero-order valence-electron chi connectivity index (χ0n) is 16.2. The van der Waals surface area contributed by atoms with Gasteiger partial charge in [-0.3, -0.25) is 9.78 Å². The first-order valence-corrected chi connectivity index (χ1v) is 10.3. The van der Waals surface area contributed by atoms with Crippen LogP contribution in [0, 0.1) is 20.8 Å². The Kier molecular flexibility index (Phi) is 5.30. The Bertz CT molecular complexity index is 1170. The van der Waals surface area contributed by atoms with Crippen LogP contribution >= 0.6 is 23.4 Å². The Morgan fingerprint density at radius 1 is 1.21 bits per heavy atom. The van der Waals surface area contributed by atoms with Crippen LogP contribution in [0.3, 0.4) is 0 Å². The number of rotatable bonds is 3. The summed E-state index contributed by atoms with van der Waals surface area (Å²) in [5.74, 6) is -0.153. The van der Waals surface area contributed by atoms with Crippen molar-refractivity contribution >= 4 is 46.2 Å². The number of hydrogen-bond donors (Lipinski definition) is 1. The molecule has 1 aromatic carbocycles. The maximum absolute atomic E-state index is 12.5. The molecule has 4 rings (SSSR count). The summed E-state index contributed by atoms with van der Waals surface area (Å²) in [5.41, 5.74) is 5.85. The number of hydrogen-bond acceptors (Lipinski definition) is 4. The number of benzene rings is 1. The van der Waals surface area contributed by atoms with Crippen LogP contribution in [0.1, 0.15) is 22.5 Å². The molecule has 146 valence electrons. The molecule has 3 heterocycles. The number of carbonyl (C=O) groups excluding carboxylic acids is 1. The molecule has 29 heavy (non-hydrogen) atoms. The zero-order valence-corrected chi connectivity index (χ0v) is 17.8. The molecule has 0 saturated carbocycles. The highest BCUT2D eigenvalue weighted by molar-refractivity contribution is 8.18. The Labute approximate surface area is 178 Å². The highest BCUT2D eigenvalue weighted by atomic mass is 35.5. The zero-order chi connectivity index (χ0) is 20.5. The van der Waals surface area contributed by atoms with Crippen LogP contribution in [0.2, 0.25) is 5.02 Å². The van der Waals surface area contributed by atoms with E-state index in [9.17, 15) is 4.79 Å². The predicted molar refractivity (Wildman–Crippen MR) is 120 cm³/mol. The third kappa shape index (κ3) is 3.99. The molecule has 0 aliphatic carbocycles.